The predicted molar refractivity (Wildman–Crippen MR) is 42.7 cm³/mol. The monoisotopic (exact) mass is 168 g/mol. The number of aromatic nitrogens is 1. The fraction of sp³-hybridized carbons (Fsp3) is 0.625. The Morgan fingerprint density at radius 3 is 2.50 bits per heavy atom. The average molecular weight is 168 g/mol. The van der Waals surface area contributed by atoms with Crippen LogP contribution in [-0.2, 0) is 5.60 Å². The molecule has 1 aliphatic rings. The van der Waals surface area contributed by atoms with Crippen molar-refractivity contribution in [1.82, 2.24) is 10.3 Å². The molecule has 1 saturated heterocycles. The molecule has 12 heavy (non-hydrogen) atoms. The number of hydrogen-bond donors (Lipinski definition) is 2. The summed E-state index contributed by atoms with van der Waals surface area (Å²) in [6.45, 7) is 4.79. The first-order valence-electron chi connectivity index (χ1n) is 3.99. The van der Waals surface area contributed by atoms with Gasteiger partial charge in [-0.15, -0.1) is 0 Å². The topological polar surface area (TPSA) is 58.3 Å². The second-order valence-electron chi connectivity index (χ2n) is 3.30. The van der Waals surface area contributed by atoms with Crippen molar-refractivity contribution in [3.05, 3.63) is 17.3 Å². The molecule has 1 aromatic rings. The molecule has 4 heteroatoms. The molecular weight excluding hydrogens is 156 g/mol. The van der Waals surface area contributed by atoms with Gasteiger partial charge in [0.25, 0.3) is 0 Å². The maximum Gasteiger partial charge on any atom is 0.229 e. The zero-order valence-electron chi connectivity index (χ0n) is 7.22. The van der Waals surface area contributed by atoms with Gasteiger partial charge in [0.15, 0.2) is 5.60 Å². The van der Waals surface area contributed by atoms with Gasteiger partial charge in [0.2, 0.25) is 5.89 Å². The van der Waals surface area contributed by atoms with Gasteiger partial charge in [0.05, 0.1) is 5.69 Å². The highest BCUT2D eigenvalue weighted by atomic mass is 16.4. The van der Waals surface area contributed by atoms with Gasteiger partial charge in [0.1, 0.15) is 5.76 Å². The van der Waals surface area contributed by atoms with Crippen LogP contribution in [0.25, 0.3) is 0 Å². The van der Waals surface area contributed by atoms with Crippen molar-refractivity contribution in [1.29, 1.82) is 0 Å². The van der Waals surface area contributed by atoms with Crippen molar-refractivity contribution in [2.75, 3.05) is 13.1 Å². The summed E-state index contributed by atoms with van der Waals surface area (Å²) >= 11 is 0. The van der Waals surface area contributed by atoms with E-state index in [1.165, 1.54) is 0 Å². The summed E-state index contributed by atoms with van der Waals surface area (Å²) in [6, 6.07) is 0. The van der Waals surface area contributed by atoms with Crippen LogP contribution in [0.4, 0.5) is 0 Å². The van der Waals surface area contributed by atoms with E-state index >= 15 is 0 Å². The minimum atomic E-state index is -0.862. The number of nitrogens with zero attached hydrogens (tertiary/aromatic N) is 1. The molecule has 2 heterocycles. The lowest BCUT2D eigenvalue weighted by Crippen LogP contribution is -2.56. The Morgan fingerprint density at radius 1 is 1.50 bits per heavy atom. The smallest absolute Gasteiger partial charge is 0.229 e. The van der Waals surface area contributed by atoms with Crippen molar-refractivity contribution in [2.24, 2.45) is 0 Å². The maximum absolute atomic E-state index is 9.80. The third kappa shape index (κ3) is 0.956. The molecule has 0 bridgehead atoms. The summed E-state index contributed by atoms with van der Waals surface area (Å²) in [5, 5.41) is 12.8. The predicted octanol–water partition coefficient (Wildman–Crippen LogP) is 0.0822. The van der Waals surface area contributed by atoms with Crippen LogP contribution < -0.4 is 5.32 Å². The number of aliphatic hydroxyl groups is 1. The first-order chi connectivity index (χ1) is 5.62. The van der Waals surface area contributed by atoms with E-state index in [0.29, 0.717) is 19.0 Å². The highest BCUT2D eigenvalue weighted by Gasteiger charge is 2.41. The lowest BCUT2D eigenvalue weighted by Gasteiger charge is -2.34. The Morgan fingerprint density at radius 2 is 2.17 bits per heavy atom. The molecule has 2 rings (SSSR count). The van der Waals surface area contributed by atoms with E-state index in [4.69, 9.17) is 4.42 Å². The minimum absolute atomic E-state index is 0.441. The maximum atomic E-state index is 9.80. The van der Waals surface area contributed by atoms with Crippen LogP contribution in [0.15, 0.2) is 4.42 Å². The molecule has 0 radical (unpaired) electrons. The SMILES string of the molecule is Cc1nc(C2(O)CNC2)oc1C. The minimum Gasteiger partial charge on any atom is -0.442 e. The van der Waals surface area contributed by atoms with Crippen LogP contribution in [0.5, 0.6) is 0 Å². The van der Waals surface area contributed by atoms with E-state index in [-0.39, 0.29) is 0 Å². The zero-order chi connectivity index (χ0) is 8.77. The lowest BCUT2D eigenvalue weighted by molar-refractivity contribution is -0.0384. The summed E-state index contributed by atoms with van der Waals surface area (Å²) < 4.78 is 5.32. The zero-order valence-corrected chi connectivity index (χ0v) is 7.22. The Kier molecular flexibility index (Phi) is 1.49. The third-order valence-corrected chi connectivity index (χ3v) is 2.26. The second kappa shape index (κ2) is 2.31. The molecule has 0 aliphatic carbocycles. The van der Waals surface area contributed by atoms with Crippen LogP contribution >= 0.6 is 0 Å². The van der Waals surface area contributed by atoms with Gasteiger partial charge in [-0.3, -0.25) is 0 Å². The summed E-state index contributed by atoms with van der Waals surface area (Å²) in [7, 11) is 0. The molecule has 0 amide bonds. The highest BCUT2D eigenvalue weighted by Crippen LogP contribution is 2.25. The summed E-state index contributed by atoms with van der Waals surface area (Å²) in [4.78, 5) is 4.15. The molecule has 0 saturated carbocycles. The quantitative estimate of drug-likeness (QED) is 0.623. The van der Waals surface area contributed by atoms with E-state index in [0.717, 1.165) is 11.5 Å². The van der Waals surface area contributed by atoms with E-state index in [1.807, 2.05) is 13.8 Å². The van der Waals surface area contributed by atoms with Crippen LogP contribution in [-0.4, -0.2) is 23.2 Å². The number of rotatable bonds is 1. The normalized spacial score (nSPS) is 20.6. The van der Waals surface area contributed by atoms with Crippen molar-refractivity contribution in [3.63, 3.8) is 0 Å². The summed E-state index contributed by atoms with van der Waals surface area (Å²) in [5.74, 6) is 1.22. The average Bonchev–Trinajstić information content (AvgIpc) is 2.28. The van der Waals surface area contributed by atoms with Gasteiger partial charge in [-0.1, -0.05) is 0 Å². The third-order valence-electron chi connectivity index (χ3n) is 2.26. The van der Waals surface area contributed by atoms with Crippen LogP contribution in [0, 0.1) is 13.8 Å². The highest BCUT2D eigenvalue weighted by molar-refractivity contribution is 5.13. The molecule has 2 N–H and O–H groups in total. The van der Waals surface area contributed by atoms with Gasteiger partial charge in [0, 0.05) is 13.1 Å². The Bertz CT molecular complexity index is 283. The van der Waals surface area contributed by atoms with Crippen LogP contribution in [0.2, 0.25) is 0 Å². The molecule has 0 atom stereocenters. The van der Waals surface area contributed by atoms with E-state index in [1.54, 1.807) is 0 Å². The Labute approximate surface area is 70.6 Å². The summed E-state index contributed by atoms with van der Waals surface area (Å²) in [6.07, 6.45) is 0. The fourth-order valence-electron chi connectivity index (χ4n) is 1.18. The number of oxazole rings is 1. The second-order valence-corrected chi connectivity index (χ2v) is 3.30. The Hall–Kier alpha value is -0.870. The summed E-state index contributed by atoms with van der Waals surface area (Å²) in [5.41, 5.74) is -0.00993. The molecular formula is C8H12N2O2. The van der Waals surface area contributed by atoms with Crippen LogP contribution in [0.1, 0.15) is 17.3 Å². The number of hydrogen-bond acceptors (Lipinski definition) is 4. The molecule has 1 aromatic heterocycles. The van der Waals surface area contributed by atoms with Crippen molar-refractivity contribution < 1.29 is 9.52 Å². The van der Waals surface area contributed by atoms with Gasteiger partial charge >= 0.3 is 0 Å². The van der Waals surface area contributed by atoms with Gasteiger partial charge in [-0.05, 0) is 13.8 Å². The van der Waals surface area contributed by atoms with Gasteiger partial charge in [-0.2, -0.15) is 0 Å². The molecule has 0 aromatic carbocycles. The Balaban J connectivity index is 2.34. The molecule has 66 valence electrons. The van der Waals surface area contributed by atoms with Crippen molar-refractivity contribution in [3.8, 4) is 0 Å². The molecule has 0 spiro atoms. The molecule has 1 aliphatic heterocycles. The van der Waals surface area contributed by atoms with Gasteiger partial charge in [-0.25, -0.2) is 4.98 Å². The fourth-order valence-corrected chi connectivity index (χ4v) is 1.18. The van der Waals surface area contributed by atoms with Crippen molar-refractivity contribution in [2.45, 2.75) is 19.4 Å². The number of aryl methyl sites for hydroxylation is 2. The molecule has 4 nitrogen and oxygen atoms in total. The van der Waals surface area contributed by atoms with Crippen LogP contribution in [0.3, 0.4) is 0 Å². The van der Waals surface area contributed by atoms with E-state index in [2.05, 4.69) is 10.3 Å². The number of nitrogens with one attached hydrogen (secondary N) is 1. The standard InChI is InChI=1S/C8H12N2O2/c1-5-6(2)12-7(10-5)8(11)3-9-4-8/h9,11H,3-4H2,1-2H3. The largest absolute Gasteiger partial charge is 0.442 e. The van der Waals surface area contributed by atoms with E-state index < -0.39 is 5.60 Å². The first kappa shape index (κ1) is 7.76. The molecule has 1 fully saturated rings. The first-order valence-corrected chi connectivity index (χ1v) is 3.99. The van der Waals surface area contributed by atoms with Gasteiger partial charge < -0.3 is 14.8 Å². The van der Waals surface area contributed by atoms with E-state index in [9.17, 15) is 5.11 Å². The number of β-amino-alcohol motifs (C(OH)–C–C–N with tert-alkyl or cyclic N) is 1. The molecule has 0 unspecified atom stereocenters. The van der Waals surface area contributed by atoms with Crippen molar-refractivity contribution >= 4 is 0 Å². The lowest BCUT2D eigenvalue weighted by atomic mass is 9.97.